The van der Waals surface area contributed by atoms with Gasteiger partial charge in [-0.25, -0.2) is 9.78 Å². The van der Waals surface area contributed by atoms with Gasteiger partial charge in [-0.2, -0.15) is 0 Å². The molecule has 0 aliphatic carbocycles. The molecule has 8 heteroatoms. The fraction of sp³-hybridized carbons (Fsp3) is 0.500. The summed E-state index contributed by atoms with van der Waals surface area (Å²) >= 11 is 1.51. The zero-order chi connectivity index (χ0) is 18.9. The molecule has 7 nitrogen and oxygen atoms in total. The third-order valence-corrected chi connectivity index (χ3v) is 4.86. The van der Waals surface area contributed by atoms with Crippen molar-refractivity contribution in [2.24, 2.45) is 0 Å². The summed E-state index contributed by atoms with van der Waals surface area (Å²) in [6.45, 7) is 1.75. The van der Waals surface area contributed by atoms with Gasteiger partial charge in [-0.15, -0.1) is 0 Å². The smallest absolute Gasteiger partial charge is 0.337 e. The summed E-state index contributed by atoms with van der Waals surface area (Å²) in [6.07, 6.45) is 1.57. The Morgan fingerprint density at radius 3 is 2.58 bits per heavy atom. The first-order valence-electron chi connectivity index (χ1n) is 8.36. The summed E-state index contributed by atoms with van der Waals surface area (Å²) in [5.74, 6) is 0.333. The fourth-order valence-electron chi connectivity index (χ4n) is 2.49. The summed E-state index contributed by atoms with van der Waals surface area (Å²) in [5.41, 5.74) is 0.756. The quantitative estimate of drug-likeness (QED) is 0.271. The van der Waals surface area contributed by atoms with Crippen LogP contribution >= 0.6 is 11.8 Å². The first kappa shape index (κ1) is 20.4. The van der Waals surface area contributed by atoms with Crippen LogP contribution in [-0.2, 0) is 20.8 Å². The second-order valence-electron chi connectivity index (χ2n) is 5.62. The maximum Gasteiger partial charge on any atom is 0.337 e. The Balaban J connectivity index is 2.41. The van der Waals surface area contributed by atoms with Gasteiger partial charge in [0.15, 0.2) is 5.16 Å². The molecule has 2 aromatic rings. The zero-order valence-electron chi connectivity index (χ0n) is 15.3. The van der Waals surface area contributed by atoms with Gasteiger partial charge in [-0.1, -0.05) is 11.8 Å². The molecule has 0 bridgehead atoms. The van der Waals surface area contributed by atoms with E-state index >= 15 is 0 Å². The van der Waals surface area contributed by atoms with E-state index in [1.54, 1.807) is 37.0 Å². The number of carbonyl (C=O) groups is 1. The van der Waals surface area contributed by atoms with Crippen molar-refractivity contribution in [1.82, 2.24) is 9.55 Å². The number of methoxy groups -OCH3 is 3. The van der Waals surface area contributed by atoms with Gasteiger partial charge in [0.1, 0.15) is 0 Å². The van der Waals surface area contributed by atoms with Gasteiger partial charge in [0.25, 0.3) is 5.56 Å². The number of rotatable bonds is 10. The number of nitrogens with zero attached hydrogens (tertiary/aromatic N) is 2. The molecule has 1 heterocycles. The molecule has 0 fully saturated rings. The highest BCUT2D eigenvalue weighted by Crippen LogP contribution is 2.20. The first-order valence-corrected chi connectivity index (χ1v) is 9.34. The average molecular weight is 380 g/mol. The highest BCUT2D eigenvalue weighted by atomic mass is 32.2. The number of carbonyl (C=O) groups excluding carboxylic acids is 1. The number of thioether (sulfide) groups is 1. The molecule has 0 saturated carbocycles. The predicted octanol–water partition coefficient (Wildman–Crippen LogP) is 2.35. The number of esters is 1. The molecule has 0 aliphatic heterocycles. The molecule has 0 amide bonds. The maximum atomic E-state index is 12.9. The Bertz CT molecular complexity index is 806. The Morgan fingerprint density at radius 2 is 1.88 bits per heavy atom. The lowest BCUT2D eigenvalue weighted by atomic mass is 10.1. The Morgan fingerprint density at radius 1 is 1.15 bits per heavy atom. The molecule has 142 valence electrons. The lowest BCUT2D eigenvalue weighted by molar-refractivity contribution is 0.0601. The van der Waals surface area contributed by atoms with Crippen molar-refractivity contribution in [3.05, 3.63) is 34.1 Å². The molecule has 0 atom stereocenters. The van der Waals surface area contributed by atoms with Gasteiger partial charge in [0.05, 0.1) is 23.6 Å². The lowest BCUT2D eigenvalue weighted by Crippen LogP contribution is -2.24. The van der Waals surface area contributed by atoms with E-state index in [0.717, 1.165) is 18.6 Å². The SMILES string of the molecule is COCCCSc1nc2cc(C(=O)OC)ccc2c(=O)n1CCCOC. The third kappa shape index (κ3) is 5.06. The highest BCUT2D eigenvalue weighted by molar-refractivity contribution is 7.99. The second kappa shape index (κ2) is 10.3. The molecule has 0 spiro atoms. The van der Waals surface area contributed by atoms with Gasteiger partial charge in [-0.3, -0.25) is 9.36 Å². The van der Waals surface area contributed by atoms with E-state index < -0.39 is 5.97 Å². The van der Waals surface area contributed by atoms with Crippen molar-refractivity contribution in [2.45, 2.75) is 24.5 Å². The largest absolute Gasteiger partial charge is 0.465 e. The van der Waals surface area contributed by atoms with Crippen molar-refractivity contribution >= 4 is 28.6 Å². The Labute approximate surface area is 156 Å². The molecule has 0 radical (unpaired) electrons. The van der Waals surface area contributed by atoms with Crippen molar-refractivity contribution in [3.63, 3.8) is 0 Å². The van der Waals surface area contributed by atoms with Crippen molar-refractivity contribution in [2.75, 3.05) is 40.3 Å². The van der Waals surface area contributed by atoms with Crippen molar-refractivity contribution < 1.29 is 19.0 Å². The van der Waals surface area contributed by atoms with Crippen LogP contribution in [0, 0.1) is 0 Å². The Kier molecular flexibility index (Phi) is 8.08. The third-order valence-electron chi connectivity index (χ3n) is 3.80. The van der Waals surface area contributed by atoms with Crippen LogP contribution in [0.3, 0.4) is 0 Å². The summed E-state index contributed by atoms with van der Waals surface area (Å²) in [4.78, 5) is 29.3. The molecule has 2 rings (SSSR count). The van der Waals surface area contributed by atoms with Crippen LogP contribution in [0.1, 0.15) is 23.2 Å². The monoisotopic (exact) mass is 380 g/mol. The molecule has 26 heavy (non-hydrogen) atoms. The summed E-state index contributed by atoms with van der Waals surface area (Å²) in [7, 11) is 4.62. The molecule has 0 saturated heterocycles. The highest BCUT2D eigenvalue weighted by Gasteiger charge is 2.14. The summed E-state index contributed by atoms with van der Waals surface area (Å²) < 4.78 is 16.6. The van der Waals surface area contributed by atoms with Crippen molar-refractivity contribution in [1.29, 1.82) is 0 Å². The summed E-state index contributed by atoms with van der Waals surface area (Å²) in [6, 6.07) is 4.81. The van der Waals surface area contributed by atoms with Gasteiger partial charge in [-0.05, 0) is 31.0 Å². The molecule has 0 aliphatic rings. The number of hydrogen-bond acceptors (Lipinski definition) is 7. The molecule has 0 unspecified atom stereocenters. The second-order valence-corrected chi connectivity index (χ2v) is 6.68. The van der Waals surface area contributed by atoms with E-state index in [-0.39, 0.29) is 5.56 Å². The zero-order valence-corrected chi connectivity index (χ0v) is 16.1. The van der Waals surface area contributed by atoms with Gasteiger partial charge < -0.3 is 14.2 Å². The minimum absolute atomic E-state index is 0.114. The molecular formula is C18H24N2O5S. The standard InChI is InChI=1S/C18H24N2O5S/c1-23-9-4-8-20-16(21)14-7-6-13(17(22)25-3)12-15(14)19-18(20)26-11-5-10-24-2/h6-7,12H,4-5,8-11H2,1-3H3. The maximum absolute atomic E-state index is 12.9. The molecule has 1 aromatic heterocycles. The van der Waals surface area contributed by atoms with E-state index in [4.69, 9.17) is 14.2 Å². The minimum atomic E-state index is -0.452. The number of fused-ring (bicyclic) bond motifs is 1. The van der Waals surface area contributed by atoms with Crippen LogP contribution in [0.15, 0.2) is 28.2 Å². The van der Waals surface area contributed by atoms with Crippen LogP contribution < -0.4 is 5.56 Å². The number of ether oxygens (including phenoxy) is 3. The van der Waals surface area contributed by atoms with Crippen LogP contribution in [0.2, 0.25) is 0 Å². The van der Waals surface area contributed by atoms with E-state index in [1.807, 2.05) is 0 Å². The van der Waals surface area contributed by atoms with Crippen LogP contribution in [0.4, 0.5) is 0 Å². The summed E-state index contributed by atoms with van der Waals surface area (Å²) in [5, 5.41) is 1.12. The van der Waals surface area contributed by atoms with E-state index in [0.29, 0.717) is 41.4 Å². The molecule has 0 N–H and O–H groups in total. The van der Waals surface area contributed by atoms with Crippen LogP contribution in [-0.4, -0.2) is 55.8 Å². The average Bonchev–Trinajstić information content (AvgIpc) is 2.66. The van der Waals surface area contributed by atoms with Gasteiger partial charge >= 0.3 is 5.97 Å². The first-order chi connectivity index (χ1) is 12.6. The Hall–Kier alpha value is -1.90. The fourth-order valence-corrected chi connectivity index (χ4v) is 3.42. The van der Waals surface area contributed by atoms with E-state index in [9.17, 15) is 9.59 Å². The topological polar surface area (TPSA) is 79.7 Å². The van der Waals surface area contributed by atoms with Gasteiger partial charge in [0.2, 0.25) is 0 Å². The predicted molar refractivity (Wildman–Crippen MR) is 101 cm³/mol. The van der Waals surface area contributed by atoms with Crippen LogP contribution in [0.25, 0.3) is 10.9 Å². The number of aromatic nitrogens is 2. The molecule has 1 aromatic carbocycles. The molecular weight excluding hydrogens is 356 g/mol. The van der Waals surface area contributed by atoms with Gasteiger partial charge in [0, 0.05) is 39.7 Å². The van der Waals surface area contributed by atoms with Crippen LogP contribution in [0.5, 0.6) is 0 Å². The minimum Gasteiger partial charge on any atom is -0.465 e. The lowest BCUT2D eigenvalue weighted by Gasteiger charge is -2.13. The van der Waals surface area contributed by atoms with Crippen molar-refractivity contribution in [3.8, 4) is 0 Å². The number of hydrogen-bond donors (Lipinski definition) is 0. The van der Waals surface area contributed by atoms with E-state index in [1.165, 1.54) is 18.9 Å². The van der Waals surface area contributed by atoms with E-state index in [2.05, 4.69) is 4.98 Å². The normalized spacial score (nSPS) is 11.0. The number of benzene rings is 1.